The van der Waals surface area contributed by atoms with Crippen molar-refractivity contribution in [1.29, 1.82) is 0 Å². The molecule has 26 heavy (non-hydrogen) atoms. The lowest BCUT2D eigenvalue weighted by Gasteiger charge is -2.11. The number of hydrogen-bond donors (Lipinski definition) is 1. The number of hydrogen-bond acceptors (Lipinski definition) is 3. The predicted octanol–water partition coefficient (Wildman–Crippen LogP) is 5.00. The SMILES string of the molecule is CCCOc1ccc(NC(=O)CCC(=O)c2ccc(C)c(C)c2)c(C)c1. The highest BCUT2D eigenvalue weighted by atomic mass is 16.5. The summed E-state index contributed by atoms with van der Waals surface area (Å²) in [5.41, 5.74) is 4.59. The van der Waals surface area contributed by atoms with E-state index in [1.807, 2.05) is 57.2 Å². The highest BCUT2D eigenvalue weighted by molar-refractivity contribution is 6.00. The topological polar surface area (TPSA) is 55.4 Å². The van der Waals surface area contributed by atoms with Gasteiger partial charge in [0.2, 0.25) is 5.91 Å². The molecule has 0 heterocycles. The third-order valence-corrected chi connectivity index (χ3v) is 4.35. The summed E-state index contributed by atoms with van der Waals surface area (Å²) in [6, 6.07) is 11.2. The van der Waals surface area contributed by atoms with E-state index in [-0.39, 0.29) is 24.5 Å². The normalized spacial score (nSPS) is 10.5. The summed E-state index contributed by atoms with van der Waals surface area (Å²) in [5.74, 6) is 0.628. The third-order valence-electron chi connectivity index (χ3n) is 4.35. The summed E-state index contributed by atoms with van der Waals surface area (Å²) in [7, 11) is 0. The minimum absolute atomic E-state index is 0.0108. The van der Waals surface area contributed by atoms with Crippen molar-refractivity contribution >= 4 is 17.4 Å². The number of ketones is 1. The number of Topliss-reactive ketones (excluding diaryl/α,β-unsaturated/α-hetero) is 1. The van der Waals surface area contributed by atoms with Crippen molar-refractivity contribution in [3.8, 4) is 5.75 Å². The monoisotopic (exact) mass is 353 g/mol. The molecule has 0 fully saturated rings. The smallest absolute Gasteiger partial charge is 0.224 e. The number of rotatable bonds is 8. The lowest BCUT2D eigenvalue weighted by atomic mass is 10.0. The van der Waals surface area contributed by atoms with Crippen LogP contribution in [-0.4, -0.2) is 18.3 Å². The Morgan fingerprint density at radius 2 is 1.69 bits per heavy atom. The van der Waals surface area contributed by atoms with E-state index in [4.69, 9.17) is 4.74 Å². The highest BCUT2D eigenvalue weighted by Crippen LogP contribution is 2.22. The van der Waals surface area contributed by atoms with Crippen molar-refractivity contribution in [3.63, 3.8) is 0 Å². The van der Waals surface area contributed by atoms with Gasteiger partial charge in [-0.15, -0.1) is 0 Å². The molecule has 0 aliphatic carbocycles. The van der Waals surface area contributed by atoms with Crippen LogP contribution in [0.2, 0.25) is 0 Å². The van der Waals surface area contributed by atoms with Crippen LogP contribution in [0.5, 0.6) is 5.75 Å². The van der Waals surface area contributed by atoms with E-state index in [0.29, 0.717) is 12.2 Å². The Labute approximate surface area is 155 Å². The van der Waals surface area contributed by atoms with E-state index in [0.717, 1.165) is 34.5 Å². The van der Waals surface area contributed by atoms with Gasteiger partial charge in [0.05, 0.1) is 6.61 Å². The number of benzene rings is 2. The molecule has 0 aromatic heterocycles. The lowest BCUT2D eigenvalue weighted by Crippen LogP contribution is -2.14. The van der Waals surface area contributed by atoms with Crippen LogP contribution in [0.25, 0.3) is 0 Å². The van der Waals surface area contributed by atoms with Crippen LogP contribution in [0.15, 0.2) is 36.4 Å². The maximum absolute atomic E-state index is 12.3. The van der Waals surface area contributed by atoms with Crippen LogP contribution in [-0.2, 0) is 4.79 Å². The number of ether oxygens (including phenoxy) is 1. The number of anilines is 1. The summed E-state index contributed by atoms with van der Waals surface area (Å²) in [6.07, 6.45) is 1.32. The second-order valence-electron chi connectivity index (χ2n) is 6.60. The first kappa shape index (κ1) is 19.7. The van der Waals surface area contributed by atoms with Crippen molar-refractivity contribution < 1.29 is 14.3 Å². The van der Waals surface area contributed by atoms with Crippen molar-refractivity contribution in [2.75, 3.05) is 11.9 Å². The summed E-state index contributed by atoms with van der Waals surface area (Å²) in [6.45, 7) is 8.65. The molecular formula is C22H27NO3. The fraction of sp³-hybridized carbons (Fsp3) is 0.364. The Balaban J connectivity index is 1.90. The first-order valence-corrected chi connectivity index (χ1v) is 9.04. The van der Waals surface area contributed by atoms with E-state index in [2.05, 4.69) is 12.2 Å². The molecule has 2 aromatic rings. The number of amides is 1. The van der Waals surface area contributed by atoms with E-state index in [1.165, 1.54) is 0 Å². The number of aryl methyl sites for hydroxylation is 3. The van der Waals surface area contributed by atoms with Crippen molar-refractivity contribution in [3.05, 3.63) is 58.7 Å². The molecule has 1 N–H and O–H groups in total. The molecule has 4 heteroatoms. The van der Waals surface area contributed by atoms with Gasteiger partial charge in [0.15, 0.2) is 5.78 Å². The zero-order valence-corrected chi connectivity index (χ0v) is 16.0. The average molecular weight is 353 g/mol. The molecule has 0 atom stereocenters. The van der Waals surface area contributed by atoms with E-state index in [1.54, 1.807) is 0 Å². The molecule has 2 aromatic carbocycles. The molecule has 1 amide bonds. The Hall–Kier alpha value is -2.62. The molecule has 0 radical (unpaired) electrons. The largest absolute Gasteiger partial charge is 0.494 e. The molecule has 0 aliphatic heterocycles. The van der Waals surface area contributed by atoms with Crippen LogP contribution in [0.1, 0.15) is 53.2 Å². The minimum atomic E-state index is -0.160. The maximum Gasteiger partial charge on any atom is 0.224 e. The van der Waals surface area contributed by atoms with Gasteiger partial charge in [-0.2, -0.15) is 0 Å². The van der Waals surface area contributed by atoms with E-state index < -0.39 is 0 Å². The molecule has 0 bridgehead atoms. The summed E-state index contributed by atoms with van der Waals surface area (Å²) >= 11 is 0. The molecule has 2 rings (SSSR count). The van der Waals surface area contributed by atoms with Gasteiger partial charge in [-0.25, -0.2) is 0 Å². The molecule has 0 saturated heterocycles. The zero-order chi connectivity index (χ0) is 19.1. The second-order valence-corrected chi connectivity index (χ2v) is 6.60. The molecule has 0 saturated carbocycles. The fourth-order valence-electron chi connectivity index (χ4n) is 2.59. The summed E-state index contributed by atoms with van der Waals surface area (Å²) in [4.78, 5) is 24.5. The number of carbonyl (C=O) groups excluding carboxylic acids is 2. The molecule has 0 aliphatic rings. The molecule has 0 spiro atoms. The highest BCUT2D eigenvalue weighted by Gasteiger charge is 2.11. The molecule has 0 unspecified atom stereocenters. The van der Waals surface area contributed by atoms with Crippen LogP contribution >= 0.6 is 0 Å². The van der Waals surface area contributed by atoms with Gasteiger partial charge in [0.25, 0.3) is 0 Å². The summed E-state index contributed by atoms with van der Waals surface area (Å²) < 4.78 is 5.58. The van der Waals surface area contributed by atoms with Gasteiger partial charge < -0.3 is 10.1 Å². The first-order valence-electron chi connectivity index (χ1n) is 9.04. The standard InChI is InChI=1S/C22H27NO3/c1-5-12-26-19-8-9-20(17(4)14-19)23-22(25)11-10-21(24)18-7-6-15(2)16(3)13-18/h6-9,13-14H,5,10-12H2,1-4H3,(H,23,25). The molecular weight excluding hydrogens is 326 g/mol. The zero-order valence-electron chi connectivity index (χ0n) is 16.0. The second kappa shape index (κ2) is 9.18. The Bertz CT molecular complexity index is 796. The third kappa shape index (κ3) is 5.45. The van der Waals surface area contributed by atoms with Gasteiger partial charge in [-0.05, 0) is 68.1 Å². The van der Waals surface area contributed by atoms with Crippen LogP contribution in [0.4, 0.5) is 5.69 Å². The Kier molecular flexibility index (Phi) is 6.96. The maximum atomic E-state index is 12.3. The van der Waals surface area contributed by atoms with Gasteiger partial charge >= 0.3 is 0 Å². The predicted molar refractivity (Wildman–Crippen MR) is 105 cm³/mol. The minimum Gasteiger partial charge on any atom is -0.494 e. The van der Waals surface area contributed by atoms with Crippen molar-refractivity contribution in [2.45, 2.75) is 47.0 Å². The van der Waals surface area contributed by atoms with Crippen LogP contribution in [0, 0.1) is 20.8 Å². The first-order chi connectivity index (χ1) is 12.4. The van der Waals surface area contributed by atoms with E-state index >= 15 is 0 Å². The average Bonchev–Trinajstić information content (AvgIpc) is 2.62. The number of carbonyl (C=O) groups is 2. The molecule has 4 nitrogen and oxygen atoms in total. The Morgan fingerprint density at radius 1 is 0.923 bits per heavy atom. The van der Waals surface area contributed by atoms with Crippen molar-refractivity contribution in [1.82, 2.24) is 0 Å². The van der Waals surface area contributed by atoms with Gasteiger partial charge in [0.1, 0.15) is 5.75 Å². The summed E-state index contributed by atoms with van der Waals surface area (Å²) in [5, 5.41) is 2.87. The van der Waals surface area contributed by atoms with E-state index in [9.17, 15) is 9.59 Å². The van der Waals surface area contributed by atoms with Gasteiger partial charge in [-0.1, -0.05) is 19.1 Å². The van der Waals surface area contributed by atoms with Gasteiger partial charge in [0, 0.05) is 24.1 Å². The van der Waals surface area contributed by atoms with Crippen LogP contribution < -0.4 is 10.1 Å². The quantitative estimate of drug-likeness (QED) is 0.679. The van der Waals surface area contributed by atoms with Gasteiger partial charge in [-0.3, -0.25) is 9.59 Å². The molecule has 138 valence electrons. The fourth-order valence-corrected chi connectivity index (χ4v) is 2.59. The lowest BCUT2D eigenvalue weighted by molar-refractivity contribution is -0.116. The van der Waals surface area contributed by atoms with Crippen LogP contribution in [0.3, 0.4) is 0 Å². The number of nitrogens with one attached hydrogen (secondary N) is 1. The Morgan fingerprint density at radius 3 is 2.35 bits per heavy atom. The van der Waals surface area contributed by atoms with Crippen molar-refractivity contribution in [2.24, 2.45) is 0 Å².